The molecule has 0 aromatic carbocycles. The van der Waals surface area contributed by atoms with Crippen LogP contribution in [-0.4, -0.2) is 37.7 Å². The fraction of sp³-hybridized carbons (Fsp3) is 0.500. The van der Waals surface area contributed by atoms with Crippen molar-refractivity contribution in [3.05, 3.63) is 17.0 Å². The molecule has 1 aromatic rings. The van der Waals surface area contributed by atoms with Crippen LogP contribution in [0.2, 0.25) is 5.28 Å². The van der Waals surface area contributed by atoms with Crippen molar-refractivity contribution < 1.29 is 21.6 Å². The van der Waals surface area contributed by atoms with Gasteiger partial charge in [-0.25, -0.2) is 23.1 Å². The number of halogens is 4. The average molecular weight is 319 g/mol. The van der Waals surface area contributed by atoms with Crippen LogP contribution in [0.5, 0.6) is 0 Å². The minimum absolute atomic E-state index is 0.00179. The summed E-state index contributed by atoms with van der Waals surface area (Å²) >= 11 is 5.37. The molecule has 0 saturated carbocycles. The highest BCUT2D eigenvalue weighted by Gasteiger charge is 2.33. The fourth-order valence-corrected chi connectivity index (χ4v) is 1.74. The molecular formula is C8H10ClF3N4O2S. The van der Waals surface area contributed by atoms with Crippen molar-refractivity contribution in [3.63, 3.8) is 0 Å². The van der Waals surface area contributed by atoms with Crippen LogP contribution < -0.4 is 10.0 Å². The zero-order chi connectivity index (χ0) is 14.7. The van der Waals surface area contributed by atoms with E-state index in [-0.39, 0.29) is 18.9 Å². The second-order valence-corrected chi connectivity index (χ2v) is 5.67. The molecule has 1 aromatic heterocycles. The maximum Gasteiger partial charge on any atom is 0.433 e. The maximum absolute atomic E-state index is 12.4. The molecular weight excluding hydrogens is 309 g/mol. The molecule has 0 aliphatic carbocycles. The lowest BCUT2D eigenvalue weighted by Gasteiger charge is -2.09. The molecule has 0 fully saturated rings. The fourth-order valence-electron chi connectivity index (χ4n) is 1.08. The first-order valence-corrected chi connectivity index (χ1v) is 7.15. The van der Waals surface area contributed by atoms with Crippen LogP contribution in [0.4, 0.5) is 19.0 Å². The molecule has 0 amide bonds. The van der Waals surface area contributed by atoms with Gasteiger partial charge in [0.2, 0.25) is 15.3 Å². The monoisotopic (exact) mass is 318 g/mol. The molecule has 0 atom stereocenters. The Morgan fingerprint density at radius 3 is 2.47 bits per heavy atom. The lowest BCUT2D eigenvalue weighted by Crippen LogP contribution is -2.27. The maximum atomic E-state index is 12.4. The summed E-state index contributed by atoms with van der Waals surface area (Å²) in [5.74, 6) is -0.136. The molecule has 0 aliphatic heterocycles. The van der Waals surface area contributed by atoms with Gasteiger partial charge in [0.15, 0.2) is 5.69 Å². The highest BCUT2D eigenvalue weighted by molar-refractivity contribution is 7.88. The van der Waals surface area contributed by atoms with E-state index < -0.39 is 27.2 Å². The van der Waals surface area contributed by atoms with Crippen molar-refractivity contribution in [3.8, 4) is 0 Å². The van der Waals surface area contributed by atoms with Gasteiger partial charge in [-0.1, -0.05) is 0 Å². The van der Waals surface area contributed by atoms with Gasteiger partial charge in [-0.05, 0) is 11.6 Å². The number of nitrogens with one attached hydrogen (secondary N) is 2. The first-order chi connectivity index (χ1) is 8.58. The Hall–Kier alpha value is -1.13. The SMILES string of the molecule is CS(=O)(=O)NCCNc1cc(C(F)(F)F)nc(Cl)n1. The number of nitrogens with zero attached hydrogens (tertiary/aromatic N) is 2. The van der Waals surface area contributed by atoms with Crippen molar-refractivity contribution >= 4 is 27.4 Å². The van der Waals surface area contributed by atoms with Crippen LogP contribution in [0.25, 0.3) is 0 Å². The van der Waals surface area contributed by atoms with E-state index in [0.717, 1.165) is 6.26 Å². The zero-order valence-electron chi connectivity index (χ0n) is 9.62. The predicted molar refractivity (Wildman–Crippen MR) is 63.4 cm³/mol. The molecule has 1 heterocycles. The summed E-state index contributed by atoms with van der Waals surface area (Å²) in [6.07, 6.45) is -3.66. The van der Waals surface area contributed by atoms with Crippen molar-refractivity contribution in [2.75, 3.05) is 24.7 Å². The van der Waals surface area contributed by atoms with E-state index in [9.17, 15) is 21.6 Å². The Morgan fingerprint density at radius 2 is 1.95 bits per heavy atom. The second-order valence-electron chi connectivity index (χ2n) is 3.50. The highest BCUT2D eigenvalue weighted by Crippen LogP contribution is 2.29. The van der Waals surface area contributed by atoms with Crippen LogP contribution in [0.3, 0.4) is 0 Å². The normalized spacial score (nSPS) is 12.5. The first kappa shape index (κ1) is 15.9. The number of sulfonamides is 1. The highest BCUT2D eigenvalue weighted by atomic mass is 35.5. The third-order valence-corrected chi connectivity index (χ3v) is 2.68. The number of aromatic nitrogens is 2. The van der Waals surface area contributed by atoms with Crippen molar-refractivity contribution in [2.24, 2.45) is 0 Å². The molecule has 0 spiro atoms. The Kier molecular flexibility index (Phi) is 4.93. The molecule has 0 radical (unpaired) electrons. The van der Waals surface area contributed by atoms with E-state index in [1.54, 1.807) is 0 Å². The van der Waals surface area contributed by atoms with Gasteiger partial charge < -0.3 is 5.32 Å². The van der Waals surface area contributed by atoms with Gasteiger partial charge in [0.25, 0.3) is 0 Å². The first-order valence-electron chi connectivity index (χ1n) is 4.88. The Morgan fingerprint density at radius 1 is 1.32 bits per heavy atom. The predicted octanol–water partition coefficient (Wildman–Crippen LogP) is 1.11. The van der Waals surface area contributed by atoms with Crippen molar-refractivity contribution in [2.45, 2.75) is 6.18 Å². The van der Waals surface area contributed by atoms with Gasteiger partial charge in [0.1, 0.15) is 5.82 Å². The van der Waals surface area contributed by atoms with Crippen molar-refractivity contribution in [1.82, 2.24) is 14.7 Å². The minimum Gasteiger partial charge on any atom is -0.369 e. The molecule has 19 heavy (non-hydrogen) atoms. The number of alkyl halides is 3. The molecule has 2 N–H and O–H groups in total. The third-order valence-electron chi connectivity index (χ3n) is 1.78. The smallest absolute Gasteiger partial charge is 0.369 e. The van der Waals surface area contributed by atoms with E-state index in [4.69, 9.17) is 11.6 Å². The summed E-state index contributed by atoms with van der Waals surface area (Å²) in [5.41, 5.74) is -1.17. The van der Waals surface area contributed by atoms with Crippen LogP contribution >= 0.6 is 11.6 Å². The van der Waals surface area contributed by atoms with E-state index in [1.807, 2.05) is 0 Å². The quantitative estimate of drug-likeness (QED) is 0.627. The van der Waals surface area contributed by atoms with Gasteiger partial charge in [-0.3, -0.25) is 0 Å². The van der Waals surface area contributed by atoms with Gasteiger partial charge in [0, 0.05) is 19.2 Å². The molecule has 6 nitrogen and oxygen atoms in total. The zero-order valence-corrected chi connectivity index (χ0v) is 11.2. The van der Waals surface area contributed by atoms with Gasteiger partial charge in [0.05, 0.1) is 6.26 Å². The van der Waals surface area contributed by atoms with Gasteiger partial charge >= 0.3 is 6.18 Å². The van der Waals surface area contributed by atoms with E-state index in [0.29, 0.717) is 6.07 Å². The lowest BCUT2D eigenvalue weighted by molar-refractivity contribution is -0.141. The Labute approximate surface area is 112 Å². The lowest BCUT2D eigenvalue weighted by atomic mass is 10.4. The van der Waals surface area contributed by atoms with Crippen LogP contribution in [0.1, 0.15) is 5.69 Å². The van der Waals surface area contributed by atoms with E-state index in [1.165, 1.54) is 0 Å². The van der Waals surface area contributed by atoms with Crippen LogP contribution in [0, 0.1) is 0 Å². The second kappa shape index (κ2) is 5.88. The Bertz CT molecular complexity index is 549. The van der Waals surface area contributed by atoms with Crippen LogP contribution in [-0.2, 0) is 16.2 Å². The molecule has 108 valence electrons. The van der Waals surface area contributed by atoms with Gasteiger partial charge in [-0.2, -0.15) is 13.2 Å². The van der Waals surface area contributed by atoms with E-state index in [2.05, 4.69) is 20.0 Å². The summed E-state index contributed by atoms with van der Waals surface area (Å²) in [6.45, 7) is 0.0551. The summed E-state index contributed by atoms with van der Waals surface area (Å²) in [7, 11) is -3.35. The molecule has 1 rings (SSSR count). The number of rotatable bonds is 5. The standard InChI is InChI=1S/C8H10ClF3N4O2S/c1-19(17,18)14-3-2-13-6-4-5(8(10,11)12)15-7(9)16-6/h4,14H,2-3H2,1H3,(H,13,15,16). The van der Waals surface area contributed by atoms with Crippen molar-refractivity contribution in [1.29, 1.82) is 0 Å². The summed E-state index contributed by atoms with van der Waals surface area (Å²) in [6, 6.07) is 0.687. The summed E-state index contributed by atoms with van der Waals surface area (Å²) in [5, 5.41) is 1.96. The average Bonchev–Trinajstić information content (AvgIpc) is 2.21. The largest absolute Gasteiger partial charge is 0.433 e. The number of anilines is 1. The molecule has 0 bridgehead atoms. The van der Waals surface area contributed by atoms with E-state index >= 15 is 0 Å². The number of hydrogen-bond donors (Lipinski definition) is 2. The third kappa shape index (κ3) is 6.03. The summed E-state index contributed by atoms with van der Waals surface area (Å²) < 4.78 is 60.9. The molecule has 0 aliphatic rings. The van der Waals surface area contributed by atoms with Crippen LogP contribution in [0.15, 0.2) is 6.07 Å². The number of hydrogen-bond acceptors (Lipinski definition) is 5. The Balaban J connectivity index is 2.67. The molecule has 11 heteroatoms. The van der Waals surface area contributed by atoms with Gasteiger partial charge in [-0.15, -0.1) is 0 Å². The topological polar surface area (TPSA) is 84.0 Å². The minimum atomic E-state index is -4.63. The molecule has 0 unspecified atom stereocenters. The molecule has 0 saturated heterocycles. The summed E-state index contributed by atoms with van der Waals surface area (Å²) in [4.78, 5) is 6.60.